The van der Waals surface area contributed by atoms with Crippen LogP contribution in [0.3, 0.4) is 0 Å². The van der Waals surface area contributed by atoms with E-state index in [0.717, 1.165) is 25.0 Å². The number of nitrogens with one attached hydrogen (secondary N) is 1. The predicted molar refractivity (Wildman–Crippen MR) is 76.2 cm³/mol. The Morgan fingerprint density at radius 2 is 1.89 bits per heavy atom. The number of hydrogen-bond acceptors (Lipinski definition) is 2. The summed E-state index contributed by atoms with van der Waals surface area (Å²) in [5.74, 6) is 1.16. The van der Waals surface area contributed by atoms with Crippen LogP contribution in [0.5, 0.6) is 5.75 Å². The van der Waals surface area contributed by atoms with Crippen molar-refractivity contribution < 1.29 is 4.74 Å². The van der Waals surface area contributed by atoms with Crippen molar-refractivity contribution in [1.82, 2.24) is 0 Å². The number of benzene rings is 1. The summed E-state index contributed by atoms with van der Waals surface area (Å²) >= 11 is 0. The highest BCUT2D eigenvalue weighted by atomic mass is 16.5. The molecule has 0 fully saturated rings. The summed E-state index contributed by atoms with van der Waals surface area (Å²) in [6, 6.07) is 8.20. The maximum atomic E-state index is 7.48. The summed E-state index contributed by atoms with van der Waals surface area (Å²) in [4.78, 5) is 0. The van der Waals surface area contributed by atoms with Crippen molar-refractivity contribution in [2.45, 2.75) is 40.0 Å². The van der Waals surface area contributed by atoms with Gasteiger partial charge in [-0.05, 0) is 37.0 Å². The Kier molecular flexibility index (Phi) is 5.20. The Morgan fingerprint density at radius 1 is 1.28 bits per heavy atom. The van der Waals surface area contributed by atoms with E-state index in [1.807, 2.05) is 26.0 Å². The SMILES string of the molecule is CCc1ccc(OCCCC(C)(C)C(=N)N)cc1. The molecule has 18 heavy (non-hydrogen) atoms. The molecule has 0 aliphatic rings. The van der Waals surface area contributed by atoms with Crippen LogP contribution >= 0.6 is 0 Å². The first kappa shape index (κ1) is 14.6. The van der Waals surface area contributed by atoms with E-state index in [0.29, 0.717) is 6.61 Å². The van der Waals surface area contributed by atoms with Gasteiger partial charge in [0.15, 0.2) is 0 Å². The lowest BCUT2D eigenvalue weighted by Gasteiger charge is -2.22. The fourth-order valence-electron chi connectivity index (χ4n) is 1.66. The lowest BCUT2D eigenvalue weighted by Crippen LogP contribution is -2.31. The van der Waals surface area contributed by atoms with Crippen LogP contribution in [0.2, 0.25) is 0 Å². The molecular formula is C15H24N2O. The number of nitrogens with two attached hydrogens (primary N) is 1. The summed E-state index contributed by atoms with van der Waals surface area (Å²) in [7, 11) is 0. The first-order valence-corrected chi connectivity index (χ1v) is 6.52. The van der Waals surface area contributed by atoms with Crippen LogP contribution in [-0.4, -0.2) is 12.4 Å². The van der Waals surface area contributed by atoms with Crippen molar-refractivity contribution in [3.05, 3.63) is 29.8 Å². The predicted octanol–water partition coefficient (Wildman–Crippen LogP) is 3.37. The van der Waals surface area contributed by atoms with Gasteiger partial charge in [-0.15, -0.1) is 0 Å². The van der Waals surface area contributed by atoms with E-state index in [1.165, 1.54) is 5.56 Å². The van der Waals surface area contributed by atoms with Gasteiger partial charge in [0.05, 0.1) is 12.4 Å². The smallest absolute Gasteiger partial charge is 0.119 e. The molecule has 0 unspecified atom stereocenters. The number of rotatable bonds is 7. The molecule has 3 heteroatoms. The quantitative estimate of drug-likeness (QED) is 0.441. The number of aryl methyl sites for hydroxylation is 1. The van der Waals surface area contributed by atoms with E-state index in [1.54, 1.807) is 0 Å². The molecule has 0 saturated heterocycles. The van der Waals surface area contributed by atoms with Crippen molar-refractivity contribution in [3.8, 4) is 5.75 Å². The third-order valence-electron chi connectivity index (χ3n) is 3.28. The van der Waals surface area contributed by atoms with Gasteiger partial charge >= 0.3 is 0 Å². The van der Waals surface area contributed by atoms with Crippen LogP contribution in [0.4, 0.5) is 0 Å². The molecule has 1 aromatic rings. The molecule has 3 N–H and O–H groups in total. The lowest BCUT2D eigenvalue weighted by molar-refractivity contribution is 0.287. The fourth-order valence-corrected chi connectivity index (χ4v) is 1.66. The molecule has 0 heterocycles. The van der Waals surface area contributed by atoms with Gasteiger partial charge in [0.2, 0.25) is 0 Å². The molecule has 0 aliphatic heterocycles. The molecule has 3 nitrogen and oxygen atoms in total. The monoisotopic (exact) mass is 248 g/mol. The van der Waals surface area contributed by atoms with Crippen molar-refractivity contribution in [3.63, 3.8) is 0 Å². The van der Waals surface area contributed by atoms with Crippen molar-refractivity contribution >= 4 is 5.84 Å². The van der Waals surface area contributed by atoms with Crippen LogP contribution in [0, 0.1) is 10.8 Å². The largest absolute Gasteiger partial charge is 0.494 e. The molecule has 1 rings (SSSR count). The van der Waals surface area contributed by atoms with Gasteiger partial charge in [0.1, 0.15) is 5.75 Å². The molecule has 0 atom stereocenters. The molecule has 0 saturated carbocycles. The average molecular weight is 248 g/mol. The molecule has 1 aromatic carbocycles. The van der Waals surface area contributed by atoms with E-state index in [-0.39, 0.29) is 11.3 Å². The van der Waals surface area contributed by atoms with Gasteiger partial charge in [-0.1, -0.05) is 32.9 Å². The van der Waals surface area contributed by atoms with Crippen LogP contribution in [0.1, 0.15) is 39.2 Å². The Hall–Kier alpha value is -1.51. The average Bonchev–Trinajstić information content (AvgIpc) is 2.35. The first-order chi connectivity index (χ1) is 8.45. The topological polar surface area (TPSA) is 59.1 Å². The first-order valence-electron chi connectivity index (χ1n) is 6.52. The zero-order chi connectivity index (χ0) is 13.6. The molecule has 0 aliphatic carbocycles. The molecular weight excluding hydrogens is 224 g/mol. The van der Waals surface area contributed by atoms with E-state index >= 15 is 0 Å². The van der Waals surface area contributed by atoms with Gasteiger partial charge in [-0.3, -0.25) is 5.41 Å². The zero-order valence-electron chi connectivity index (χ0n) is 11.6. The summed E-state index contributed by atoms with van der Waals surface area (Å²) in [6.45, 7) is 6.79. The van der Waals surface area contributed by atoms with E-state index in [2.05, 4.69) is 19.1 Å². The Bertz CT molecular complexity index is 382. The lowest BCUT2D eigenvalue weighted by atomic mass is 9.87. The minimum absolute atomic E-state index is 0.227. The van der Waals surface area contributed by atoms with Crippen LogP contribution in [0.25, 0.3) is 0 Å². The highest BCUT2D eigenvalue weighted by Crippen LogP contribution is 2.22. The second-order valence-electron chi connectivity index (χ2n) is 5.25. The summed E-state index contributed by atoms with van der Waals surface area (Å²) < 4.78 is 5.67. The molecule has 0 spiro atoms. The summed E-state index contributed by atoms with van der Waals surface area (Å²) in [5.41, 5.74) is 6.63. The van der Waals surface area contributed by atoms with Gasteiger partial charge in [0, 0.05) is 5.41 Å². The van der Waals surface area contributed by atoms with Crippen molar-refractivity contribution in [2.75, 3.05) is 6.61 Å². The minimum Gasteiger partial charge on any atom is -0.494 e. The number of amidine groups is 1. The normalized spacial score (nSPS) is 11.3. The molecule has 0 aromatic heterocycles. The maximum Gasteiger partial charge on any atom is 0.119 e. The summed E-state index contributed by atoms with van der Waals surface area (Å²) in [5, 5.41) is 7.48. The third-order valence-corrected chi connectivity index (χ3v) is 3.28. The Labute approximate surface area is 110 Å². The Balaban J connectivity index is 2.31. The number of hydrogen-bond donors (Lipinski definition) is 2. The summed E-state index contributed by atoms with van der Waals surface area (Å²) in [6.07, 6.45) is 2.82. The van der Waals surface area contributed by atoms with Gasteiger partial charge in [-0.25, -0.2) is 0 Å². The second-order valence-corrected chi connectivity index (χ2v) is 5.25. The van der Waals surface area contributed by atoms with Crippen LogP contribution in [-0.2, 0) is 6.42 Å². The highest BCUT2D eigenvalue weighted by Gasteiger charge is 2.20. The maximum absolute atomic E-state index is 7.48. The molecule has 0 bridgehead atoms. The molecule has 0 radical (unpaired) electrons. The van der Waals surface area contributed by atoms with E-state index in [4.69, 9.17) is 15.9 Å². The van der Waals surface area contributed by atoms with Gasteiger partial charge in [0.25, 0.3) is 0 Å². The van der Waals surface area contributed by atoms with E-state index in [9.17, 15) is 0 Å². The zero-order valence-corrected chi connectivity index (χ0v) is 11.6. The fraction of sp³-hybridized carbons (Fsp3) is 0.533. The highest BCUT2D eigenvalue weighted by molar-refractivity contribution is 5.82. The van der Waals surface area contributed by atoms with Gasteiger partial charge < -0.3 is 10.5 Å². The van der Waals surface area contributed by atoms with Crippen molar-refractivity contribution in [2.24, 2.45) is 11.1 Å². The van der Waals surface area contributed by atoms with Gasteiger partial charge in [-0.2, -0.15) is 0 Å². The van der Waals surface area contributed by atoms with E-state index < -0.39 is 0 Å². The van der Waals surface area contributed by atoms with Crippen LogP contribution < -0.4 is 10.5 Å². The second kappa shape index (κ2) is 6.43. The number of ether oxygens (including phenoxy) is 1. The standard InChI is InChI=1S/C15H24N2O/c1-4-12-6-8-13(9-7-12)18-11-5-10-15(2,3)14(16)17/h6-9H,4-5,10-11H2,1-3H3,(H3,16,17). The molecule has 0 amide bonds. The van der Waals surface area contributed by atoms with Crippen LogP contribution in [0.15, 0.2) is 24.3 Å². The minimum atomic E-state index is -0.227. The molecule has 100 valence electrons. The third kappa shape index (κ3) is 4.40. The Morgan fingerprint density at radius 3 is 2.39 bits per heavy atom. The van der Waals surface area contributed by atoms with Crippen molar-refractivity contribution in [1.29, 1.82) is 5.41 Å².